The topological polar surface area (TPSA) is 53.5 Å². The van der Waals surface area contributed by atoms with Crippen molar-refractivity contribution in [2.75, 3.05) is 26.2 Å². The van der Waals surface area contributed by atoms with E-state index in [9.17, 15) is 8.42 Å². The summed E-state index contributed by atoms with van der Waals surface area (Å²) in [7, 11) is -3.01. The fourth-order valence-corrected chi connectivity index (χ4v) is 4.89. The Morgan fingerprint density at radius 2 is 1.87 bits per heavy atom. The monoisotopic (exact) mass is 337 g/mol. The SMILES string of the molecule is CC(C)Cc1ccc(CN2CCN(S(=O)(=O)C3CC3)CC2)cn1. The summed E-state index contributed by atoms with van der Waals surface area (Å²) in [5.41, 5.74) is 2.35. The summed E-state index contributed by atoms with van der Waals surface area (Å²) in [6, 6.07) is 4.27. The van der Waals surface area contributed by atoms with E-state index in [0.717, 1.165) is 44.6 Å². The average molecular weight is 337 g/mol. The number of hydrogen-bond donors (Lipinski definition) is 0. The van der Waals surface area contributed by atoms with Gasteiger partial charge in [-0.05, 0) is 36.8 Å². The van der Waals surface area contributed by atoms with Crippen molar-refractivity contribution in [2.24, 2.45) is 5.92 Å². The van der Waals surface area contributed by atoms with Gasteiger partial charge >= 0.3 is 0 Å². The van der Waals surface area contributed by atoms with Gasteiger partial charge in [0.25, 0.3) is 0 Å². The summed E-state index contributed by atoms with van der Waals surface area (Å²) in [5, 5.41) is -0.0910. The van der Waals surface area contributed by atoms with Crippen LogP contribution in [0.25, 0.3) is 0 Å². The molecule has 1 saturated carbocycles. The lowest BCUT2D eigenvalue weighted by Gasteiger charge is -2.34. The molecule has 0 atom stereocenters. The minimum absolute atomic E-state index is 0.0910. The van der Waals surface area contributed by atoms with Crippen molar-refractivity contribution >= 4 is 10.0 Å². The predicted molar refractivity (Wildman–Crippen MR) is 91.6 cm³/mol. The van der Waals surface area contributed by atoms with Crippen LogP contribution < -0.4 is 0 Å². The number of rotatable bonds is 6. The van der Waals surface area contributed by atoms with Gasteiger partial charge in [-0.2, -0.15) is 4.31 Å². The first kappa shape index (κ1) is 16.9. The molecule has 0 radical (unpaired) electrons. The number of nitrogens with zero attached hydrogens (tertiary/aromatic N) is 3. The first-order valence-electron chi connectivity index (χ1n) is 8.60. The van der Waals surface area contributed by atoms with E-state index < -0.39 is 10.0 Å². The Kier molecular flexibility index (Phi) is 5.04. The number of sulfonamides is 1. The molecule has 23 heavy (non-hydrogen) atoms. The lowest BCUT2D eigenvalue weighted by Crippen LogP contribution is -2.49. The van der Waals surface area contributed by atoms with Crippen molar-refractivity contribution in [1.29, 1.82) is 0 Å². The summed E-state index contributed by atoms with van der Waals surface area (Å²) in [5.74, 6) is 0.620. The molecule has 2 heterocycles. The molecular weight excluding hydrogens is 310 g/mol. The number of piperazine rings is 1. The fourth-order valence-electron chi connectivity index (χ4n) is 3.06. The molecule has 1 aliphatic heterocycles. The van der Waals surface area contributed by atoms with Gasteiger partial charge in [0.1, 0.15) is 0 Å². The van der Waals surface area contributed by atoms with Crippen LogP contribution >= 0.6 is 0 Å². The zero-order valence-electron chi connectivity index (χ0n) is 14.1. The molecule has 2 fully saturated rings. The van der Waals surface area contributed by atoms with Crippen molar-refractivity contribution < 1.29 is 8.42 Å². The van der Waals surface area contributed by atoms with Gasteiger partial charge in [-0.15, -0.1) is 0 Å². The Labute approximate surface area is 139 Å². The molecule has 1 saturated heterocycles. The van der Waals surface area contributed by atoms with E-state index in [0.29, 0.717) is 19.0 Å². The second-order valence-electron chi connectivity index (χ2n) is 7.18. The maximum Gasteiger partial charge on any atom is 0.217 e. The van der Waals surface area contributed by atoms with Crippen LogP contribution in [0.2, 0.25) is 0 Å². The van der Waals surface area contributed by atoms with Crippen LogP contribution in [0.15, 0.2) is 18.3 Å². The third-order valence-corrected chi connectivity index (χ3v) is 6.95. The zero-order valence-corrected chi connectivity index (χ0v) is 14.9. The lowest BCUT2D eigenvalue weighted by molar-refractivity contribution is 0.181. The van der Waals surface area contributed by atoms with Crippen molar-refractivity contribution in [3.8, 4) is 0 Å². The third kappa shape index (κ3) is 4.31. The summed E-state index contributed by atoms with van der Waals surface area (Å²) in [4.78, 5) is 6.85. The van der Waals surface area contributed by atoms with E-state index in [-0.39, 0.29) is 5.25 Å². The van der Waals surface area contributed by atoms with E-state index in [1.807, 2.05) is 6.20 Å². The molecule has 1 aliphatic carbocycles. The van der Waals surface area contributed by atoms with E-state index in [2.05, 4.69) is 35.9 Å². The van der Waals surface area contributed by atoms with E-state index in [1.54, 1.807) is 4.31 Å². The van der Waals surface area contributed by atoms with Crippen molar-refractivity contribution in [3.05, 3.63) is 29.6 Å². The van der Waals surface area contributed by atoms with Crippen LogP contribution in [-0.4, -0.2) is 54.0 Å². The molecule has 6 heteroatoms. The van der Waals surface area contributed by atoms with Gasteiger partial charge < -0.3 is 0 Å². The maximum absolute atomic E-state index is 12.2. The van der Waals surface area contributed by atoms with Gasteiger partial charge in [0, 0.05) is 44.6 Å². The molecule has 2 aliphatic rings. The largest absolute Gasteiger partial charge is 0.296 e. The van der Waals surface area contributed by atoms with Crippen LogP contribution in [0, 0.1) is 5.92 Å². The molecule has 0 spiro atoms. The Balaban J connectivity index is 1.50. The standard InChI is InChI=1S/C17H27N3O2S/c1-14(2)11-16-4-3-15(12-18-16)13-19-7-9-20(10-8-19)23(21,22)17-5-6-17/h3-4,12,14,17H,5-11,13H2,1-2H3. The molecule has 5 nitrogen and oxygen atoms in total. The first-order valence-corrected chi connectivity index (χ1v) is 10.1. The van der Waals surface area contributed by atoms with Crippen LogP contribution in [0.3, 0.4) is 0 Å². The van der Waals surface area contributed by atoms with Gasteiger partial charge in [-0.3, -0.25) is 9.88 Å². The number of aromatic nitrogens is 1. The molecule has 0 N–H and O–H groups in total. The minimum atomic E-state index is -3.01. The van der Waals surface area contributed by atoms with Crippen LogP contribution in [0.1, 0.15) is 37.9 Å². The second-order valence-corrected chi connectivity index (χ2v) is 9.39. The third-order valence-electron chi connectivity index (χ3n) is 4.55. The van der Waals surface area contributed by atoms with Gasteiger partial charge in [0.2, 0.25) is 10.0 Å². The quantitative estimate of drug-likeness (QED) is 0.795. The number of pyridine rings is 1. The van der Waals surface area contributed by atoms with E-state index >= 15 is 0 Å². The summed E-state index contributed by atoms with van der Waals surface area (Å²) < 4.78 is 26.2. The van der Waals surface area contributed by atoms with Gasteiger partial charge in [0.15, 0.2) is 0 Å². The van der Waals surface area contributed by atoms with Crippen molar-refractivity contribution in [3.63, 3.8) is 0 Å². The Bertz CT molecular complexity index is 616. The Hall–Kier alpha value is -0.980. The van der Waals surface area contributed by atoms with Crippen LogP contribution in [0.5, 0.6) is 0 Å². The summed E-state index contributed by atoms with van der Waals surface area (Å²) in [6.45, 7) is 8.11. The van der Waals surface area contributed by atoms with Crippen molar-refractivity contribution in [1.82, 2.24) is 14.2 Å². The van der Waals surface area contributed by atoms with Gasteiger partial charge in [0.05, 0.1) is 5.25 Å². The molecule has 1 aromatic rings. The molecule has 128 valence electrons. The molecule has 1 aromatic heterocycles. The highest BCUT2D eigenvalue weighted by Crippen LogP contribution is 2.31. The normalized spacial score (nSPS) is 21.0. The summed E-state index contributed by atoms with van der Waals surface area (Å²) in [6.07, 6.45) is 4.66. The highest BCUT2D eigenvalue weighted by molar-refractivity contribution is 7.90. The molecule has 0 bridgehead atoms. The first-order chi connectivity index (χ1) is 10.9. The maximum atomic E-state index is 12.2. The Morgan fingerprint density at radius 3 is 2.39 bits per heavy atom. The molecule has 3 rings (SSSR count). The van der Waals surface area contributed by atoms with Gasteiger partial charge in [-0.1, -0.05) is 19.9 Å². The van der Waals surface area contributed by atoms with E-state index in [1.165, 1.54) is 5.56 Å². The van der Waals surface area contributed by atoms with E-state index in [4.69, 9.17) is 0 Å². The number of hydrogen-bond acceptors (Lipinski definition) is 4. The second kappa shape index (κ2) is 6.87. The minimum Gasteiger partial charge on any atom is -0.296 e. The molecule has 0 amide bonds. The highest BCUT2D eigenvalue weighted by atomic mass is 32.2. The molecule has 0 aromatic carbocycles. The van der Waals surface area contributed by atoms with Crippen molar-refractivity contribution in [2.45, 2.75) is 44.9 Å². The van der Waals surface area contributed by atoms with Gasteiger partial charge in [-0.25, -0.2) is 8.42 Å². The predicted octanol–water partition coefficient (Wildman–Crippen LogP) is 1.89. The summed E-state index contributed by atoms with van der Waals surface area (Å²) >= 11 is 0. The van der Waals surface area contributed by atoms with Crippen LogP contribution in [0.4, 0.5) is 0 Å². The fraction of sp³-hybridized carbons (Fsp3) is 0.706. The zero-order chi connectivity index (χ0) is 16.4. The molecule has 0 unspecified atom stereocenters. The average Bonchev–Trinajstić information content (AvgIpc) is 3.34. The lowest BCUT2D eigenvalue weighted by atomic mass is 10.1. The molecular formula is C17H27N3O2S. The Morgan fingerprint density at radius 1 is 1.17 bits per heavy atom. The smallest absolute Gasteiger partial charge is 0.217 e. The van der Waals surface area contributed by atoms with Crippen LogP contribution in [-0.2, 0) is 23.0 Å². The highest BCUT2D eigenvalue weighted by Gasteiger charge is 2.40.